The smallest absolute Gasteiger partial charge is 0.265 e. The summed E-state index contributed by atoms with van der Waals surface area (Å²) in [5.41, 5.74) is 2.59. The van der Waals surface area contributed by atoms with Crippen molar-refractivity contribution in [3.63, 3.8) is 0 Å². The summed E-state index contributed by atoms with van der Waals surface area (Å²) in [6, 6.07) is 5.65. The number of ether oxygens (including phenoxy) is 1. The van der Waals surface area contributed by atoms with Crippen LogP contribution in [-0.4, -0.2) is 12.0 Å². The Hall–Kier alpha value is -2.29. The third-order valence-corrected chi connectivity index (χ3v) is 2.76. The maximum atomic E-state index is 11.5. The molecule has 3 nitrogen and oxygen atoms in total. The molecule has 0 spiro atoms. The van der Waals surface area contributed by atoms with Gasteiger partial charge < -0.3 is 10.1 Å². The van der Waals surface area contributed by atoms with E-state index in [4.69, 9.17) is 4.74 Å². The summed E-state index contributed by atoms with van der Waals surface area (Å²) in [4.78, 5) is 11.5. The van der Waals surface area contributed by atoms with E-state index in [1.54, 1.807) is 19.1 Å². The number of anilines is 1. The molecule has 1 aliphatic heterocycles. The molecule has 1 amide bonds. The second kappa shape index (κ2) is 7.34. The van der Waals surface area contributed by atoms with Crippen molar-refractivity contribution < 1.29 is 9.53 Å². The van der Waals surface area contributed by atoms with Gasteiger partial charge in [-0.15, -0.1) is 0 Å². The van der Waals surface area contributed by atoms with Crippen LogP contribution >= 0.6 is 0 Å². The first-order valence-electron chi connectivity index (χ1n) is 6.73. The van der Waals surface area contributed by atoms with Crippen molar-refractivity contribution in [1.82, 2.24) is 0 Å². The lowest BCUT2D eigenvalue weighted by Crippen LogP contribution is -2.34. The fourth-order valence-electron chi connectivity index (χ4n) is 1.80. The normalized spacial score (nSPS) is 16.9. The average molecular weight is 271 g/mol. The van der Waals surface area contributed by atoms with Crippen molar-refractivity contribution >= 4 is 17.2 Å². The molecule has 1 heterocycles. The number of hydrogen-bond donors (Lipinski definition) is 1. The van der Waals surface area contributed by atoms with E-state index < -0.39 is 6.10 Å². The average Bonchev–Trinajstić information content (AvgIpc) is 2.48. The van der Waals surface area contributed by atoms with Gasteiger partial charge in [0.05, 0.1) is 5.69 Å². The van der Waals surface area contributed by atoms with Gasteiger partial charge >= 0.3 is 0 Å². The van der Waals surface area contributed by atoms with E-state index in [1.807, 2.05) is 38.1 Å². The third-order valence-electron chi connectivity index (χ3n) is 2.76. The molecule has 0 bridgehead atoms. The SMILES string of the molecule is C=C/C=C(\C=C)c1ccc2c(c1)NC(=O)C(C)O2.CC. The molecular formula is C17H21NO2. The maximum Gasteiger partial charge on any atom is 0.265 e. The minimum absolute atomic E-state index is 0.132. The number of amides is 1. The van der Waals surface area contributed by atoms with Crippen LogP contribution in [0.5, 0.6) is 5.75 Å². The highest BCUT2D eigenvalue weighted by molar-refractivity contribution is 5.98. The van der Waals surface area contributed by atoms with E-state index in [-0.39, 0.29) is 5.91 Å². The van der Waals surface area contributed by atoms with E-state index in [0.717, 1.165) is 11.1 Å². The van der Waals surface area contributed by atoms with Crippen LogP contribution in [0.15, 0.2) is 49.6 Å². The van der Waals surface area contributed by atoms with E-state index in [2.05, 4.69) is 18.5 Å². The van der Waals surface area contributed by atoms with Crippen LogP contribution in [0, 0.1) is 0 Å². The predicted molar refractivity (Wildman–Crippen MR) is 84.9 cm³/mol. The van der Waals surface area contributed by atoms with Gasteiger partial charge in [-0.3, -0.25) is 4.79 Å². The van der Waals surface area contributed by atoms with Crippen LogP contribution in [-0.2, 0) is 4.79 Å². The zero-order valence-electron chi connectivity index (χ0n) is 12.3. The largest absolute Gasteiger partial charge is 0.479 e. The third kappa shape index (κ3) is 3.38. The minimum atomic E-state index is -0.453. The lowest BCUT2D eigenvalue weighted by Gasteiger charge is -2.23. The first-order valence-corrected chi connectivity index (χ1v) is 6.73. The van der Waals surface area contributed by atoms with Gasteiger partial charge in [0.25, 0.3) is 5.91 Å². The van der Waals surface area contributed by atoms with E-state index in [9.17, 15) is 4.79 Å². The lowest BCUT2D eigenvalue weighted by molar-refractivity contribution is -0.122. The molecule has 1 aromatic carbocycles. The fourth-order valence-corrected chi connectivity index (χ4v) is 1.80. The van der Waals surface area contributed by atoms with Gasteiger partial charge in [-0.1, -0.05) is 51.3 Å². The van der Waals surface area contributed by atoms with Crippen molar-refractivity contribution in [3.05, 3.63) is 55.1 Å². The number of benzene rings is 1. The maximum absolute atomic E-state index is 11.5. The summed E-state index contributed by atoms with van der Waals surface area (Å²) in [6.07, 6.45) is 4.86. The van der Waals surface area contributed by atoms with Crippen LogP contribution in [0.4, 0.5) is 5.69 Å². The number of nitrogens with one attached hydrogen (secondary N) is 1. The molecule has 0 saturated heterocycles. The predicted octanol–water partition coefficient (Wildman–Crippen LogP) is 4.19. The van der Waals surface area contributed by atoms with Gasteiger partial charge in [0.1, 0.15) is 5.75 Å². The number of carbonyl (C=O) groups is 1. The highest BCUT2D eigenvalue weighted by Crippen LogP contribution is 2.32. The van der Waals surface area contributed by atoms with E-state index >= 15 is 0 Å². The summed E-state index contributed by atoms with van der Waals surface area (Å²) in [6.45, 7) is 13.1. The minimum Gasteiger partial charge on any atom is -0.479 e. The molecule has 1 aliphatic rings. The summed E-state index contributed by atoms with van der Waals surface area (Å²) in [7, 11) is 0. The Morgan fingerprint density at radius 2 is 2.05 bits per heavy atom. The molecule has 2 rings (SSSR count). The Kier molecular flexibility index (Phi) is 5.78. The van der Waals surface area contributed by atoms with Crippen molar-refractivity contribution in [3.8, 4) is 5.75 Å². The highest BCUT2D eigenvalue weighted by atomic mass is 16.5. The zero-order valence-corrected chi connectivity index (χ0v) is 12.3. The molecule has 1 aromatic rings. The zero-order chi connectivity index (χ0) is 15.1. The number of fused-ring (bicyclic) bond motifs is 1. The fraction of sp³-hybridized carbons (Fsp3) is 0.235. The molecule has 0 fully saturated rings. The van der Waals surface area contributed by atoms with Gasteiger partial charge in [-0.25, -0.2) is 0 Å². The summed E-state index contributed by atoms with van der Waals surface area (Å²) < 4.78 is 5.49. The van der Waals surface area contributed by atoms with Gasteiger partial charge in [0.15, 0.2) is 6.10 Å². The monoisotopic (exact) mass is 271 g/mol. The molecule has 20 heavy (non-hydrogen) atoms. The van der Waals surface area contributed by atoms with E-state index in [1.165, 1.54) is 0 Å². The Morgan fingerprint density at radius 3 is 2.65 bits per heavy atom. The molecule has 1 atom stereocenters. The molecule has 3 heteroatoms. The Balaban J connectivity index is 0.000000956. The molecule has 1 N–H and O–H groups in total. The van der Waals surface area contributed by atoms with Crippen LogP contribution in [0.2, 0.25) is 0 Å². The van der Waals surface area contributed by atoms with Crippen molar-refractivity contribution in [2.45, 2.75) is 26.9 Å². The van der Waals surface area contributed by atoms with Crippen LogP contribution in [0.1, 0.15) is 26.3 Å². The Labute approximate surface area is 120 Å². The van der Waals surface area contributed by atoms with Gasteiger partial charge in [-0.05, 0) is 30.2 Å². The first-order chi connectivity index (χ1) is 9.65. The van der Waals surface area contributed by atoms with Crippen LogP contribution < -0.4 is 10.1 Å². The van der Waals surface area contributed by atoms with Crippen molar-refractivity contribution in [2.24, 2.45) is 0 Å². The number of allylic oxidation sites excluding steroid dienone is 4. The van der Waals surface area contributed by atoms with Crippen LogP contribution in [0.3, 0.4) is 0 Å². The van der Waals surface area contributed by atoms with E-state index in [0.29, 0.717) is 11.4 Å². The van der Waals surface area contributed by atoms with Gasteiger partial charge in [0.2, 0.25) is 0 Å². The topological polar surface area (TPSA) is 38.3 Å². The number of hydrogen-bond acceptors (Lipinski definition) is 2. The van der Waals surface area contributed by atoms with Crippen molar-refractivity contribution in [2.75, 3.05) is 5.32 Å². The van der Waals surface area contributed by atoms with Gasteiger partial charge in [0, 0.05) is 0 Å². The first kappa shape index (κ1) is 15.8. The second-order valence-electron chi connectivity index (χ2n) is 4.02. The molecule has 0 aromatic heterocycles. The quantitative estimate of drug-likeness (QED) is 0.837. The molecule has 1 unspecified atom stereocenters. The Bertz CT molecular complexity index is 544. The number of rotatable bonds is 3. The second-order valence-corrected chi connectivity index (χ2v) is 4.02. The molecule has 106 valence electrons. The molecular weight excluding hydrogens is 250 g/mol. The molecule has 0 radical (unpaired) electrons. The van der Waals surface area contributed by atoms with Crippen molar-refractivity contribution in [1.29, 1.82) is 0 Å². The Morgan fingerprint density at radius 1 is 1.35 bits per heavy atom. The molecule has 0 aliphatic carbocycles. The lowest BCUT2D eigenvalue weighted by atomic mass is 10.0. The number of carbonyl (C=O) groups excluding carboxylic acids is 1. The molecule has 0 saturated carbocycles. The van der Waals surface area contributed by atoms with Crippen LogP contribution in [0.25, 0.3) is 5.57 Å². The standard InChI is InChI=1S/C15H15NO2.C2H6/c1-4-6-11(5-2)12-7-8-14-13(9-12)16-15(17)10(3)18-14;1-2/h4-10H,1-2H2,3H3,(H,16,17);1-2H3/b11-6+;. The highest BCUT2D eigenvalue weighted by Gasteiger charge is 2.23. The summed E-state index contributed by atoms with van der Waals surface area (Å²) in [5, 5.41) is 2.82. The summed E-state index contributed by atoms with van der Waals surface area (Å²) in [5.74, 6) is 0.556. The van der Waals surface area contributed by atoms with Gasteiger partial charge in [-0.2, -0.15) is 0 Å². The summed E-state index contributed by atoms with van der Waals surface area (Å²) >= 11 is 0.